The fraction of sp³-hybridized carbons (Fsp3) is 0.235. The number of nitrogens with zero attached hydrogens (tertiary/aromatic N) is 1. The van der Waals surface area contributed by atoms with Crippen molar-refractivity contribution in [2.24, 2.45) is 0 Å². The number of anilines is 1. The number of hydrogen-bond acceptors (Lipinski definition) is 4. The number of amides is 1. The Hall–Kier alpha value is -2.41. The van der Waals surface area contributed by atoms with Gasteiger partial charge in [0.1, 0.15) is 11.4 Å². The molecule has 0 unspecified atom stereocenters. The Balaban J connectivity index is 2.21. The average molecular weight is 393 g/mol. The molecule has 0 heterocycles. The molecule has 24 heavy (non-hydrogen) atoms. The van der Waals surface area contributed by atoms with Crippen LogP contribution in [0.25, 0.3) is 0 Å². The summed E-state index contributed by atoms with van der Waals surface area (Å²) in [5, 5.41) is 13.7. The molecular weight excluding hydrogens is 376 g/mol. The largest absolute Gasteiger partial charge is 0.492 e. The molecule has 0 atom stereocenters. The van der Waals surface area contributed by atoms with Crippen LogP contribution < -0.4 is 10.1 Å². The van der Waals surface area contributed by atoms with E-state index in [2.05, 4.69) is 21.2 Å². The fourth-order valence-corrected chi connectivity index (χ4v) is 2.56. The summed E-state index contributed by atoms with van der Waals surface area (Å²) in [6.45, 7) is 4.34. The van der Waals surface area contributed by atoms with Gasteiger partial charge in [-0.2, -0.15) is 0 Å². The molecule has 0 saturated heterocycles. The minimum atomic E-state index is -0.514. The first-order chi connectivity index (χ1) is 11.4. The topological polar surface area (TPSA) is 81.5 Å². The third-order valence-corrected chi connectivity index (χ3v) is 3.87. The van der Waals surface area contributed by atoms with Gasteiger partial charge < -0.3 is 10.1 Å². The standard InChI is InChI=1S/C17H17BrN2O4/c1-3-8-24-16-7-5-12(10-13(16)18)17(21)19-14-6-4-11(2)9-15(14)20(22)23/h4-7,9-10H,3,8H2,1-2H3,(H,19,21). The van der Waals surface area contributed by atoms with Gasteiger partial charge in [0.05, 0.1) is 16.0 Å². The van der Waals surface area contributed by atoms with Crippen LogP contribution in [-0.2, 0) is 0 Å². The molecule has 0 aliphatic rings. The number of benzene rings is 2. The van der Waals surface area contributed by atoms with E-state index in [0.29, 0.717) is 22.4 Å². The van der Waals surface area contributed by atoms with E-state index in [1.807, 2.05) is 6.92 Å². The molecule has 0 radical (unpaired) electrons. The predicted molar refractivity (Wildman–Crippen MR) is 95.7 cm³/mol. The number of rotatable bonds is 6. The van der Waals surface area contributed by atoms with Crippen LogP contribution in [0, 0.1) is 17.0 Å². The summed E-state index contributed by atoms with van der Waals surface area (Å²) in [4.78, 5) is 23.0. The maximum absolute atomic E-state index is 12.4. The number of halogens is 1. The third-order valence-electron chi connectivity index (χ3n) is 3.25. The van der Waals surface area contributed by atoms with Crippen LogP contribution >= 0.6 is 15.9 Å². The van der Waals surface area contributed by atoms with Crippen LogP contribution in [0.15, 0.2) is 40.9 Å². The van der Waals surface area contributed by atoms with E-state index in [4.69, 9.17) is 4.74 Å². The second kappa shape index (κ2) is 7.92. The van der Waals surface area contributed by atoms with Gasteiger partial charge in [-0.05, 0) is 59.1 Å². The number of aryl methyl sites for hydroxylation is 1. The molecule has 0 aliphatic carbocycles. The lowest BCUT2D eigenvalue weighted by Gasteiger charge is -2.10. The number of ether oxygens (including phenoxy) is 1. The first-order valence-electron chi connectivity index (χ1n) is 7.41. The average Bonchev–Trinajstić information content (AvgIpc) is 2.55. The maximum Gasteiger partial charge on any atom is 0.293 e. The zero-order valence-corrected chi connectivity index (χ0v) is 14.9. The van der Waals surface area contributed by atoms with E-state index in [-0.39, 0.29) is 11.4 Å². The summed E-state index contributed by atoms with van der Waals surface area (Å²) in [6, 6.07) is 9.59. The minimum Gasteiger partial charge on any atom is -0.492 e. The molecule has 126 valence electrons. The van der Waals surface area contributed by atoms with E-state index in [1.54, 1.807) is 31.2 Å². The van der Waals surface area contributed by atoms with E-state index in [1.165, 1.54) is 12.1 Å². The lowest BCUT2D eigenvalue weighted by Crippen LogP contribution is -2.13. The highest BCUT2D eigenvalue weighted by molar-refractivity contribution is 9.10. The van der Waals surface area contributed by atoms with Gasteiger partial charge in [0.2, 0.25) is 0 Å². The van der Waals surface area contributed by atoms with Gasteiger partial charge in [-0.15, -0.1) is 0 Å². The molecule has 0 saturated carbocycles. The molecule has 0 spiro atoms. The second-order valence-electron chi connectivity index (χ2n) is 5.23. The van der Waals surface area contributed by atoms with E-state index in [9.17, 15) is 14.9 Å². The highest BCUT2D eigenvalue weighted by atomic mass is 79.9. The number of carbonyl (C=O) groups excluding carboxylic acids is 1. The van der Waals surface area contributed by atoms with E-state index < -0.39 is 10.8 Å². The van der Waals surface area contributed by atoms with Crippen molar-refractivity contribution in [3.8, 4) is 5.75 Å². The van der Waals surface area contributed by atoms with Gasteiger partial charge in [-0.25, -0.2) is 0 Å². The molecule has 0 fully saturated rings. The molecule has 2 aromatic carbocycles. The van der Waals surface area contributed by atoms with E-state index >= 15 is 0 Å². The van der Waals surface area contributed by atoms with Crippen LogP contribution in [0.5, 0.6) is 5.75 Å². The minimum absolute atomic E-state index is 0.134. The Morgan fingerprint density at radius 2 is 2.04 bits per heavy atom. The summed E-state index contributed by atoms with van der Waals surface area (Å²) < 4.78 is 6.19. The second-order valence-corrected chi connectivity index (χ2v) is 6.08. The smallest absolute Gasteiger partial charge is 0.293 e. The molecule has 6 nitrogen and oxygen atoms in total. The van der Waals surface area contributed by atoms with Gasteiger partial charge in [-0.3, -0.25) is 14.9 Å². The zero-order valence-electron chi connectivity index (χ0n) is 13.3. The first kappa shape index (κ1) is 17.9. The number of nitro groups is 1. The number of carbonyl (C=O) groups is 1. The lowest BCUT2D eigenvalue weighted by atomic mass is 10.1. The Labute approximate surface area is 148 Å². The summed E-state index contributed by atoms with van der Waals surface area (Å²) in [6.07, 6.45) is 0.881. The lowest BCUT2D eigenvalue weighted by molar-refractivity contribution is -0.384. The van der Waals surface area contributed by atoms with Gasteiger partial charge in [0.15, 0.2) is 0 Å². The Kier molecular flexibility index (Phi) is 5.92. The highest BCUT2D eigenvalue weighted by Gasteiger charge is 2.17. The van der Waals surface area contributed by atoms with Gasteiger partial charge in [0, 0.05) is 11.6 Å². The van der Waals surface area contributed by atoms with E-state index in [0.717, 1.165) is 12.0 Å². The molecule has 1 amide bonds. The van der Waals surface area contributed by atoms with Crippen molar-refractivity contribution in [3.63, 3.8) is 0 Å². The van der Waals surface area contributed by atoms with Crippen molar-refractivity contribution >= 4 is 33.2 Å². The van der Waals surface area contributed by atoms with Gasteiger partial charge in [-0.1, -0.05) is 13.0 Å². The number of nitrogens with one attached hydrogen (secondary N) is 1. The Bertz CT molecular complexity index is 777. The van der Waals surface area contributed by atoms with Crippen LogP contribution in [0.4, 0.5) is 11.4 Å². The molecule has 0 bridgehead atoms. The molecule has 1 N–H and O–H groups in total. The number of nitro benzene ring substituents is 1. The van der Waals surface area contributed by atoms with Crippen LogP contribution in [0.2, 0.25) is 0 Å². The highest BCUT2D eigenvalue weighted by Crippen LogP contribution is 2.28. The molecule has 0 aliphatic heterocycles. The van der Waals surface area contributed by atoms with Crippen molar-refractivity contribution in [3.05, 3.63) is 62.1 Å². The molecule has 2 aromatic rings. The van der Waals surface area contributed by atoms with Crippen molar-refractivity contribution in [2.45, 2.75) is 20.3 Å². The molecule has 7 heteroatoms. The summed E-state index contributed by atoms with van der Waals surface area (Å²) in [5.41, 5.74) is 1.16. The monoisotopic (exact) mass is 392 g/mol. The van der Waals surface area contributed by atoms with Crippen LogP contribution in [0.1, 0.15) is 29.3 Å². The van der Waals surface area contributed by atoms with Gasteiger partial charge in [0.25, 0.3) is 11.6 Å². The zero-order chi connectivity index (χ0) is 17.7. The van der Waals surface area contributed by atoms with Gasteiger partial charge >= 0.3 is 0 Å². The molecule has 2 rings (SSSR count). The number of hydrogen-bond donors (Lipinski definition) is 1. The fourth-order valence-electron chi connectivity index (χ4n) is 2.06. The van der Waals surface area contributed by atoms with Crippen LogP contribution in [0.3, 0.4) is 0 Å². The van der Waals surface area contributed by atoms with Crippen molar-refractivity contribution < 1.29 is 14.5 Å². The summed E-state index contributed by atoms with van der Waals surface area (Å²) >= 11 is 3.37. The Morgan fingerprint density at radius 3 is 2.67 bits per heavy atom. The predicted octanol–water partition coefficient (Wildman–Crippen LogP) is 4.71. The van der Waals surface area contributed by atoms with Crippen molar-refractivity contribution in [1.29, 1.82) is 0 Å². The first-order valence-corrected chi connectivity index (χ1v) is 8.20. The molecule has 0 aromatic heterocycles. The van der Waals surface area contributed by atoms with Crippen molar-refractivity contribution in [2.75, 3.05) is 11.9 Å². The van der Waals surface area contributed by atoms with Crippen molar-refractivity contribution in [1.82, 2.24) is 0 Å². The summed E-state index contributed by atoms with van der Waals surface area (Å²) in [5.74, 6) is 0.222. The third kappa shape index (κ3) is 4.32. The SMILES string of the molecule is CCCOc1ccc(C(=O)Nc2ccc(C)cc2[N+](=O)[O-])cc1Br. The molecular formula is C17H17BrN2O4. The normalized spacial score (nSPS) is 10.3. The Morgan fingerprint density at radius 1 is 1.29 bits per heavy atom. The maximum atomic E-state index is 12.4. The van der Waals surface area contributed by atoms with Crippen LogP contribution in [-0.4, -0.2) is 17.4 Å². The quantitative estimate of drug-likeness (QED) is 0.570. The summed E-state index contributed by atoms with van der Waals surface area (Å²) in [7, 11) is 0.